The van der Waals surface area contributed by atoms with Crippen molar-refractivity contribution >= 4 is 23.4 Å². The van der Waals surface area contributed by atoms with E-state index in [0.717, 1.165) is 22.6 Å². The Labute approximate surface area is 169 Å². The van der Waals surface area contributed by atoms with Crippen molar-refractivity contribution in [2.24, 2.45) is 7.05 Å². The first-order valence-corrected chi connectivity index (χ1v) is 9.98. The zero-order chi connectivity index (χ0) is 20.1. The van der Waals surface area contributed by atoms with Crippen molar-refractivity contribution in [2.45, 2.75) is 32.5 Å². The number of benzene rings is 2. The molecule has 0 saturated heterocycles. The van der Waals surface area contributed by atoms with Gasteiger partial charge in [0.25, 0.3) is 0 Å². The van der Waals surface area contributed by atoms with Crippen LogP contribution in [-0.4, -0.2) is 26.4 Å². The van der Waals surface area contributed by atoms with Crippen molar-refractivity contribution < 1.29 is 9.53 Å². The lowest BCUT2D eigenvalue weighted by Gasteiger charge is -2.09. The van der Waals surface area contributed by atoms with Crippen LogP contribution in [0.2, 0.25) is 0 Å². The lowest BCUT2D eigenvalue weighted by Crippen LogP contribution is -2.14. The highest BCUT2D eigenvalue weighted by Crippen LogP contribution is 2.21. The summed E-state index contributed by atoms with van der Waals surface area (Å²) in [4.78, 5) is 12.2. The molecule has 1 aromatic heterocycles. The number of anilines is 1. The molecule has 0 aliphatic rings. The summed E-state index contributed by atoms with van der Waals surface area (Å²) in [5.41, 5.74) is 4.23. The van der Waals surface area contributed by atoms with E-state index in [0.29, 0.717) is 17.6 Å². The lowest BCUT2D eigenvalue weighted by atomic mass is 10.1. The Morgan fingerprint density at radius 2 is 1.79 bits per heavy atom. The van der Waals surface area contributed by atoms with Crippen LogP contribution in [0.5, 0.6) is 5.75 Å². The molecule has 0 spiro atoms. The summed E-state index contributed by atoms with van der Waals surface area (Å²) < 4.78 is 7.73. The molecular weight excluding hydrogens is 372 g/mol. The number of thioether (sulfide) groups is 1. The summed E-state index contributed by atoms with van der Waals surface area (Å²) in [6.45, 7) is 6.41. The van der Waals surface area contributed by atoms with E-state index in [1.54, 1.807) is 0 Å². The Morgan fingerprint density at radius 3 is 2.50 bits per heavy atom. The fraction of sp³-hybridized carbons (Fsp3) is 0.286. The minimum absolute atomic E-state index is 0.0788. The fourth-order valence-corrected chi connectivity index (χ4v) is 3.39. The zero-order valence-electron chi connectivity index (χ0n) is 16.5. The fourth-order valence-electron chi connectivity index (χ4n) is 2.66. The van der Waals surface area contributed by atoms with Crippen LogP contribution in [0.3, 0.4) is 0 Å². The standard InChI is InChI=1S/C21H24N4O2S/c1-14-5-8-17(9-6-14)22-20(26)13-28-21-24-23-19(25(21)4)12-27-18-10-7-15(2)11-16(18)3/h5-11H,12-13H2,1-4H3,(H,22,26). The average Bonchev–Trinajstić information content (AvgIpc) is 3.01. The molecular formula is C21H24N4O2S. The number of carbonyl (C=O) groups excluding carboxylic acids is 1. The highest BCUT2D eigenvalue weighted by molar-refractivity contribution is 7.99. The number of hydrogen-bond donors (Lipinski definition) is 1. The molecule has 1 amide bonds. The zero-order valence-corrected chi connectivity index (χ0v) is 17.3. The highest BCUT2D eigenvalue weighted by Gasteiger charge is 2.12. The van der Waals surface area contributed by atoms with E-state index in [4.69, 9.17) is 4.74 Å². The molecule has 0 radical (unpaired) electrons. The smallest absolute Gasteiger partial charge is 0.234 e. The van der Waals surface area contributed by atoms with Crippen LogP contribution in [0.1, 0.15) is 22.5 Å². The number of aromatic nitrogens is 3. The Hall–Kier alpha value is -2.80. The van der Waals surface area contributed by atoms with Crippen LogP contribution in [0, 0.1) is 20.8 Å². The minimum atomic E-state index is -0.0788. The van der Waals surface area contributed by atoms with Gasteiger partial charge in [-0.05, 0) is 44.5 Å². The monoisotopic (exact) mass is 396 g/mol. The van der Waals surface area contributed by atoms with Crippen LogP contribution < -0.4 is 10.1 Å². The van der Waals surface area contributed by atoms with Crippen molar-refractivity contribution in [3.05, 3.63) is 65.0 Å². The summed E-state index contributed by atoms with van der Waals surface area (Å²) in [6.07, 6.45) is 0. The summed E-state index contributed by atoms with van der Waals surface area (Å²) >= 11 is 1.35. The Bertz CT molecular complexity index is 967. The first-order valence-electron chi connectivity index (χ1n) is 9.00. The van der Waals surface area contributed by atoms with Gasteiger partial charge < -0.3 is 14.6 Å². The first kappa shape index (κ1) is 19.9. The number of rotatable bonds is 7. The number of ether oxygens (including phenoxy) is 1. The third-order valence-corrected chi connectivity index (χ3v) is 5.30. The first-order chi connectivity index (χ1) is 13.4. The summed E-state index contributed by atoms with van der Waals surface area (Å²) in [5.74, 6) is 1.73. The van der Waals surface area contributed by atoms with Gasteiger partial charge in [-0.1, -0.05) is 47.2 Å². The van der Waals surface area contributed by atoms with Crippen LogP contribution in [0.25, 0.3) is 0 Å². The minimum Gasteiger partial charge on any atom is -0.485 e. The van der Waals surface area contributed by atoms with Gasteiger partial charge in [0.15, 0.2) is 11.0 Å². The lowest BCUT2D eigenvalue weighted by molar-refractivity contribution is -0.113. The SMILES string of the molecule is Cc1ccc(NC(=O)CSc2nnc(COc3ccc(C)cc3C)n2C)cc1. The molecule has 7 heteroatoms. The largest absolute Gasteiger partial charge is 0.485 e. The van der Waals surface area contributed by atoms with E-state index < -0.39 is 0 Å². The molecule has 1 N–H and O–H groups in total. The van der Waals surface area contributed by atoms with Gasteiger partial charge in [0.1, 0.15) is 12.4 Å². The van der Waals surface area contributed by atoms with Crippen LogP contribution in [0.4, 0.5) is 5.69 Å². The van der Waals surface area contributed by atoms with E-state index in [-0.39, 0.29) is 11.7 Å². The van der Waals surface area contributed by atoms with Gasteiger partial charge in [0, 0.05) is 12.7 Å². The summed E-state index contributed by atoms with van der Waals surface area (Å²) in [5, 5.41) is 11.9. The third-order valence-electron chi connectivity index (χ3n) is 4.28. The molecule has 28 heavy (non-hydrogen) atoms. The highest BCUT2D eigenvalue weighted by atomic mass is 32.2. The van der Waals surface area contributed by atoms with Gasteiger partial charge in [-0.25, -0.2) is 0 Å². The molecule has 6 nitrogen and oxygen atoms in total. The number of hydrogen-bond acceptors (Lipinski definition) is 5. The summed E-state index contributed by atoms with van der Waals surface area (Å²) in [6, 6.07) is 13.8. The second kappa shape index (κ2) is 8.93. The number of aryl methyl sites for hydroxylation is 3. The molecule has 2 aromatic carbocycles. The molecule has 0 fully saturated rings. The van der Waals surface area contributed by atoms with Crippen molar-refractivity contribution in [2.75, 3.05) is 11.1 Å². The number of amides is 1. The number of nitrogens with zero attached hydrogens (tertiary/aromatic N) is 3. The van der Waals surface area contributed by atoms with E-state index in [2.05, 4.69) is 28.5 Å². The molecule has 0 aliphatic carbocycles. The molecule has 3 rings (SSSR count). The van der Waals surface area contributed by atoms with Crippen LogP contribution >= 0.6 is 11.8 Å². The van der Waals surface area contributed by atoms with E-state index in [9.17, 15) is 4.79 Å². The maximum atomic E-state index is 12.2. The predicted molar refractivity (Wildman–Crippen MR) is 112 cm³/mol. The molecule has 3 aromatic rings. The van der Waals surface area contributed by atoms with Gasteiger partial charge in [-0.3, -0.25) is 4.79 Å². The summed E-state index contributed by atoms with van der Waals surface area (Å²) in [7, 11) is 1.88. The molecule has 1 heterocycles. The maximum Gasteiger partial charge on any atom is 0.234 e. The normalized spacial score (nSPS) is 10.7. The molecule has 0 saturated carbocycles. The van der Waals surface area contributed by atoms with Crippen LogP contribution in [0.15, 0.2) is 47.6 Å². The third kappa shape index (κ3) is 5.13. The Kier molecular flexibility index (Phi) is 6.36. The van der Waals surface area contributed by atoms with Crippen molar-refractivity contribution in [1.82, 2.24) is 14.8 Å². The van der Waals surface area contributed by atoms with E-state index in [1.807, 2.05) is 61.9 Å². The quantitative estimate of drug-likeness (QED) is 0.610. The molecule has 146 valence electrons. The average molecular weight is 397 g/mol. The Morgan fingerprint density at radius 1 is 1.07 bits per heavy atom. The van der Waals surface area contributed by atoms with Gasteiger partial charge in [-0.2, -0.15) is 0 Å². The maximum absolute atomic E-state index is 12.2. The van der Waals surface area contributed by atoms with Crippen molar-refractivity contribution in [1.29, 1.82) is 0 Å². The topological polar surface area (TPSA) is 69.0 Å². The van der Waals surface area contributed by atoms with Gasteiger partial charge >= 0.3 is 0 Å². The number of carbonyl (C=O) groups is 1. The van der Waals surface area contributed by atoms with Crippen molar-refractivity contribution in [3.8, 4) is 5.75 Å². The molecule has 0 atom stereocenters. The second-order valence-corrected chi connectivity index (χ2v) is 7.66. The van der Waals surface area contributed by atoms with Gasteiger partial charge in [0.05, 0.1) is 5.75 Å². The second-order valence-electron chi connectivity index (χ2n) is 6.72. The predicted octanol–water partition coefficient (Wildman–Crippen LogP) is 4.05. The van der Waals surface area contributed by atoms with Gasteiger partial charge in [0.2, 0.25) is 5.91 Å². The van der Waals surface area contributed by atoms with E-state index >= 15 is 0 Å². The number of nitrogens with one attached hydrogen (secondary N) is 1. The molecule has 0 aliphatic heterocycles. The van der Waals surface area contributed by atoms with Crippen LogP contribution in [-0.2, 0) is 18.4 Å². The van der Waals surface area contributed by atoms with E-state index in [1.165, 1.54) is 17.3 Å². The Balaban J connectivity index is 1.54. The van der Waals surface area contributed by atoms with Gasteiger partial charge in [-0.15, -0.1) is 10.2 Å². The molecule has 0 unspecified atom stereocenters. The molecule has 0 bridgehead atoms. The van der Waals surface area contributed by atoms with Crippen molar-refractivity contribution in [3.63, 3.8) is 0 Å².